The number of nitro benzene ring substituents is 1. The van der Waals surface area contributed by atoms with Crippen molar-refractivity contribution in [3.05, 3.63) is 68.2 Å². The molecular weight excluding hydrogens is 430 g/mol. The van der Waals surface area contributed by atoms with Gasteiger partial charge >= 0.3 is 5.69 Å². The van der Waals surface area contributed by atoms with Gasteiger partial charge in [0.2, 0.25) is 5.75 Å². The van der Waals surface area contributed by atoms with E-state index in [0.29, 0.717) is 15.7 Å². The molecule has 9 heteroatoms. The number of hydrazine groups is 1. The van der Waals surface area contributed by atoms with Crippen LogP contribution in [0, 0.1) is 10.1 Å². The van der Waals surface area contributed by atoms with Crippen LogP contribution in [0.1, 0.15) is 19.4 Å². The predicted molar refractivity (Wildman–Crippen MR) is 107 cm³/mol. The Morgan fingerprint density at radius 2 is 1.89 bits per heavy atom. The standard InChI is InChI=1S/C19H16BrN3O5/c1-11(2)28-17-15(20)9-12(10-16(17)23(26)27)8-14-18(24)21-22(19(14)25)13-6-4-3-5-7-13/h3-11H,1-2H3,(H,21,24)/b14-8-. The molecule has 1 aliphatic rings. The zero-order valence-corrected chi connectivity index (χ0v) is 16.6. The number of carbonyl (C=O) groups is 2. The highest BCUT2D eigenvalue weighted by atomic mass is 79.9. The topological polar surface area (TPSA) is 102 Å². The van der Waals surface area contributed by atoms with Crippen molar-refractivity contribution in [3.63, 3.8) is 0 Å². The van der Waals surface area contributed by atoms with Crippen LogP contribution in [0.3, 0.4) is 0 Å². The fraction of sp³-hybridized carbons (Fsp3) is 0.158. The molecule has 144 valence electrons. The van der Waals surface area contributed by atoms with Gasteiger partial charge in [-0.2, -0.15) is 0 Å². The highest BCUT2D eigenvalue weighted by molar-refractivity contribution is 9.10. The average molecular weight is 446 g/mol. The molecule has 0 bridgehead atoms. The van der Waals surface area contributed by atoms with Crippen molar-refractivity contribution in [1.82, 2.24) is 5.43 Å². The molecule has 0 radical (unpaired) electrons. The first-order valence-corrected chi connectivity index (χ1v) is 9.14. The van der Waals surface area contributed by atoms with Crippen molar-refractivity contribution in [3.8, 4) is 5.75 Å². The molecule has 1 N–H and O–H groups in total. The van der Waals surface area contributed by atoms with Gasteiger partial charge in [-0.05, 0) is 59.6 Å². The fourth-order valence-electron chi connectivity index (χ4n) is 2.65. The van der Waals surface area contributed by atoms with Crippen molar-refractivity contribution in [2.75, 3.05) is 5.01 Å². The molecule has 3 rings (SSSR count). The second-order valence-corrected chi connectivity index (χ2v) is 7.10. The molecule has 2 aromatic carbocycles. The van der Waals surface area contributed by atoms with Crippen LogP contribution in [0.5, 0.6) is 5.75 Å². The monoisotopic (exact) mass is 445 g/mol. The lowest BCUT2D eigenvalue weighted by molar-refractivity contribution is -0.386. The molecule has 1 saturated heterocycles. The summed E-state index contributed by atoms with van der Waals surface area (Å²) in [5, 5.41) is 12.6. The number of nitro groups is 1. The number of carbonyl (C=O) groups excluding carboxylic acids is 2. The fourth-order valence-corrected chi connectivity index (χ4v) is 3.21. The maximum atomic E-state index is 12.6. The van der Waals surface area contributed by atoms with Gasteiger partial charge in [0.05, 0.1) is 21.2 Å². The van der Waals surface area contributed by atoms with Crippen LogP contribution in [-0.4, -0.2) is 22.8 Å². The number of hydrogen-bond acceptors (Lipinski definition) is 5. The van der Waals surface area contributed by atoms with E-state index in [9.17, 15) is 19.7 Å². The zero-order chi connectivity index (χ0) is 20.4. The van der Waals surface area contributed by atoms with E-state index in [1.54, 1.807) is 50.2 Å². The minimum atomic E-state index is -0.588. The summed E-state index contributed by atoms with van der Waals surface area (Å²) < 4.78 is 5.87. The Morgan fingerprint density at radius 3 is 2.50 bits per heavy atom. The quantitative estimate of drug-likeness (QED) is 0.327. The molecule has 1 aliphatic heterocycles. The number of hydrogen-bond donors (Lipinski definition) is 1. The van der Waals surface area contributed by atoms with E-state index in [-0.39, 0.29) is 23.1 Å². The Labute approximate surface area is 169 Å². The van der Waals surface area contributed by atoms with E-state index in [0.717, 1.165) is 5.01 Å². The Hall–Kier alpha value is -3.20. The highest BCUT2D eigenvalue weighted by Crippen LogP contribution is 2.38. The number of amides is 2. The van der Waals surface area contributed by atoms with Gasteiger partial charge in [0, 0.05) is 6.07 Å². The number of rotatable bonds is 5. The maximum Gasteiger partial charge on any atom is 0.312 e. The first kappa shape index (κ1) is 19.6. The van der Waals surface area contributed by atoms with Gasteiger partial charge < -0.3 is 4.74 Å². The summed E-state index contributed by atoms with van der Waals surface area (Å²) in [6.45, 7) is 3.51. The number of nitrogens with zero attached hydrogens (tertiary/aromatic N) is 2. The zero-order valence-electron chi connectivity index (χ0n) is 15.0. The van der Waals surface area contributed by atoms with Gasteiger partial charge in [-0.15, -0.1) is 0 Å². The van der Waals surface area contributed by atoms with Gasteiger partial charge in [-0.3, -0.25) is 25.1 Å². The molecule has 8 nitrogen and oxygen atoms in total. The molecule has 0 saturated carbocycles. The van der Waals surface area contributed by atoms with Crippen LogP contribution in [0.2, 0.25) is 0 Å². The van der Waals surface area contributed by atoms with E-state index < -0.39 is 16.7 Å². The molecule has 2 amide bonds. The number of ether oxygens (including phenoxy) is 1. The third kappa shape index (κ3) is 3.89. The largest absolute Gasteiger partial charge is 0.483 e. The molecular formula is C19H16BrN3O5. The van der Waals surface area contributed by atoms with Crippen LogP contribution in [0.25, 0.3) is 6.08 Å². The Bertz CT molecular complexity index is 989. The lowest BCUT2D eigenvalue weighted by atomic mass is 10.1. The van der Waals surface area contributed by atoms with Gasteiger partial charge in [-0.25, -0.2) is 5.01 Å². The van der Waals surface area contributed by atoms with Crippen molar-refractivity contribution in [2.45, 2.75) is 20.0 Å². The van der Waals surface area contributed by atoms with Gasteiger partial charge in [0.15, 0.2) is 0 Å². The second kappa shape index (κ2) is 7.81. The molecule has 1 heterocycles. The average Bonchev–Trinajstić information content (AvgIpc) is 2.92. The van der Waals surface area contributed by atoms with E-state index in [4.69, 9.17) is 4.74 Å². The molecule has 2 aromatic rings. The molecule has 0 aliphatic carbocycles. The van der Waals surface area contributed by atoms with Gasteiger partial charge in [0.1, 0.15) is 5.57 Å². The maximum absolute atomic E-state index is 12.6. The van der Waals surface area contributed by atoms with Crippen LogP contribution in [0.15, 0.2) is 52.5 Å². The van der Waals surface area contributed by atoms with Crippen molar-refractivity contribution >= 4 is 45.2 Å². The minimum absolute atomic E-state index is 0.0928. The molecule has 0 atom stereocenters. The second-order valence-electron chi connectivity index (χ2n) is 6.25. The van der Waals surface area contributed by atoms with Gasteiger partial charge in [0.25, 0.3) is 11.8 Å². The number of nitrogens with one attached hydrogen (secondary N) is 1. The third-order valence-corrected chi connectivity index (χ3v) is 4.40. The minimum Gasteiger partial charge on any atom is -0.483 e. The first-order chi connectivity index (χ1) is 13.3. The van der Waals surface area contributed by atoms with Crippen molar-refractivity contribution < 1.29 is 19.2 Å². The third-order valence-electron chi connectivity index (χ3n) is 3.81. The highest BCUT2D eigenvalue weighted by Gasteiger charge is 2.34. The molecule has 28 heavy (non-hydrogen) atoms. The summed E-state index contributed by atoms with van der Waals surface area (Å²) >= 11 is 3.27. The summed E-state index contributed by atoms with van der Waals surface area (Å²) in [6.07, 6.45) is 1.05. The van der Waals surface area contributed by atoms with Crippen LogP contribution in [-0.2, 0) is 9.59 Å². The van der Waals surface area contributed by atoms with Crippen LogP contribution in [0.4, 0.5) is 11.4 Å². The summed E-state index contributed by atoms with van der Waals surface area (Å²) in [6, 6.07) is 11.5. The summed E-state index contributed by atoms with van der Waals surface area (Å²) in [5.74, 6) is -1.04. The normalized spacial score (nSPS) is 15.3. The van der Waals surface area contributed by atoms with E-state index >= 15 is 0 Å². The SMILES string of the molecule is CC(C)Oc1c(Br)cc(/C=C2/C(=O)NN(c3ccccc3)C2=O)cc1[N+](=O)[O-]. The lowest BCUT2D eigenvalue weighted by Crippen LogP contribution is -2.35. The number of para-hydroxylation sites is 1. The molecule has 1 fully saturated rings. The molecule has 0 unspecified atom stereocenters. The first-order valence-electron chi connectivity index (χ1n) is 8.34. The number of anilines is 1. The smallest absolute Gasteiger partial charge is 0.312 e. The summed E-state index contributed by atoms with van der Waals surface area (Å²) in [5.41, 5.74) is 2.93. The predicted octanol–water partition coefficient (Wildman–Crippen LogP) is 3.61. The summed E-state index contributed by atoms with van der Waals surface area (Å²) in [4.78, 5) is 35.8. The summed E-state index contributed by atoms with van der Waals surface area (Å²) in [7, 11) is 0. The van der Waals surface area contributed by atoms with E-state index in [1.165, 1.54) is 12.1 Å². The van der Waals surface area contributed by atoms with Crippen LogP contribution >= 0.6 is 15.9 Å². The van der Waals surface area contributed by atoms with Crippen molar-refractivity contribution in [2.24, 2.45) is 0 Å². The van der Waals surface area contributed by atoms with Gasteiger partial charge in [-0.1, -0.05) is 18.2 Å². The van der Waals surface area contributed by atoms with Crippen molar-refractivity contribution in [1.29, 1.82) is 0 Å². The Balaban J connectivity index is 2.00. The molecule has 0 spiro atoms. The molecule has 0 aromatic heterocycles. The number of halogens is 1. The van der Waals surface area contributed by atoms with E-state index in [2.05, 4.69) is 21.4 Å². The lowest BCUT2D eigenvalue weighted by Gasteiger charge is -2.14. The number of benzene rings is 2. The Morgan fingerprint density at radius 1 is 1.21 bits per heavy atom. The Kier molecular flexibility index (Phi) is 5.46. The van der Waals surface area contributed by atoms with Crippen LogP contribution < -0.4 is 15.2 Å². The van der Waals surface area contributed by atoms with E-state index in [1.807, 2.05) is 0 Å².